The van der Waals surface area contributed by atoms with Crippen molar-refractivity contribution in [3.63, 3.8) is 0 Å². The number of anilines is 1. The van der Waals surface area contributed by atoms with E-state index in [0.717, 1.165) is 25.1 Å². The van der Waals surface area contributed by atoms with Crippen LogP contribution in [0.25, 0.3) is 0 Å². The van der Waals surface area contributed by atoms with Crippen LogP contribution in [0.2, 0.25) is 0 Å². The number of hydrogen-bond acceptors (Lipinski definition) is 4. The molecule has 1 aromatic rings. The van der Waals surface area contributed by atoms with Gasteiger partial charge in [-0.1, -0.05) is 0 Å². The Hall–Kier alpha value is -2.07. The maximum Gasteiger partial charge on any atom is 0.140 e. The number of pyridine rings is 1. The fourth-order valence-corrected chi connectivity index (χ4v) is 1.13. The Morgan fingerprint density at radius 3 is 2.73 bits per heavy atom. The lowest BCUT2D eigenvalue weighted by molar-refractivity contribution is 0.784. The molecule has 1 aromatic heterocycles. The van der Waals surface area contributed by atoms with Gasteiger partial charge in [0.05, 0.1) is 18.0 Å². The predicted octanol–water partition coefficient (Wildman–Crippen LogP) is 2.06. The molecular weight excluding hydrogens is 188 g/mol. The zero-order valence-electron chi connectivity index (χ0n) is 8.40. The Labute approximate surface area is 89.2 Å². The van der Waals surface area contributed by atoms with E-state index in [-0.39, 0.29) is 0 Å². The minimum Gasteiger partial charge on any atom is -0.384 e. The first-order valence-corrected chi connectivity index (χ1v) is 4.84. The number of hydrogen-bond donors (Lipinski definition) is 1. The molecule has 0 aliphatic rings. The topological polar surface area (TPSA) is 72.5 Å². The fraction of sp³-hybridized carbons (Fsp3) is 0.364. The van der Waals surface area contributed by atoms with E-state index in [1.54, 1.807) is 12.3 Å². The van der Waals surface area contributed by atoms with Crippen molar-refractivity contribution in [2.75, 3.05) is 11.9 Å². The molecule has 0 radical (unpaired) electrons. The number of rotatable bonds is 5. The Morgan fingerprint density at radius 1 is 1.27 bits per heavy atom. The molecule has 0 saturated heterocycles. The van der Waals surface area contributed by atoms with Gasteiger partial charge in [0.1, 0.15) is 11.8 Å². The lowest BCUT2D eigenvalue weighted by Gasteiger charge is -2.04. The zero-order valence-corrected chi connectivity index (χ0v) is 8.40. The quantitative estimate of drug-likeness (QED) is 0.738. The summed E-state index contributed by atoms with van der Waals surface area (Å²) in [5, 5.41) is 20.0. The van der Waals surface area contributed by atoms with Crippen molar-refractivity contribution in [2.24, 2.45) is 0 Å². The Bertz CT molecular complexity index is 369. The predicted molar refractivity (Wildman–Crippen MR) is 56.9 cm³/mol. The molecule has 0 spiro atoms. The van der Waals surface area contributed by atoms with E-state index >= 15 is 0 Å². The van der Waals surface area contributed by atoms with E-state index in [9.17, 15) is 0 Å². The van der Waals surface area contributed by atoms with Crippen molar-refractivity contribution >= 4 is 5.69 Å². The van der Waals surface area contributed by atoms with Crippen molar-refractivity contribution < 1.29 is 0 Å². The average molecular weight is 200 g/mol. The fourth-order valence-electron chi connectivity index (χ4n) is 1.13. The van der Waals surface area contributed by atoms with Crippen LogP contribution < -0.4 is 5.32 Å². The SMILES string of the molecule is N#CCCCCNc1ccc(C#N)nc1. The van der Waals surface area contributed by atoms with E-state index in [0.29, 0.717) is 12.1 Å². The minimum absolute atomic E-state index is 0.421. The van der Waals surface area contributed by atoms with Crippen LogP contribution >= 0.6 is 0 Å². The number of nitrogens with zero attached hydrogens (tertiary/aromatic N) is 3. The van der Waals surface area contributed by atoms with Gasteiger partial charge in [0, 0.05) is 13.0 Å². The highest BCUT2D eigenvalue weighted by molar-refractivity contribution is 5.42. The van der Waals surface area contributed by atoms with E-state index in [2.05, 4.69) is 16.4 Å². The Balaban J connectivity index is 2.27. The molecule has 0 amide bonds. The second-order valence-corrected chi connectivity index (χ2v) is 3.09. The van der Waals surface area contributed by atoms with Crippen LogP contribution in [0.3, 0.4) is 0 Å². The summed E-state index contributed by atoms with van der Waals surface area (Å²) in [4.78, 5) is 3.94. The summed E-state index contributed by atoms with van der Waals surface area (Å²) >= 11 is 0. The van der Waals surface area contributed by atoms with Crippen LogP contribution in [0.1, 0.15) is 25.0 Å². The van der Waals surface area contributed by atoms with Crippen molar-refractivity contribution in [1.29, 1.82) is 10.5 Å². The van der Waals surface area contributed by atoms with Gasteiger partial charge in [0.15, 0.2) is 0 Å². The molecule has 0 aromatic carbocycles. The van der Waals surface area contributed by atoms with Crippen molar-refractivity contribution in [3.8, 4) is 12.1 Å². The molecule has 0 aliphatic carbocycles. The monoisotopic (exact) mass is 200 g/mol. The standard InChI is InChI=1S/C11H12N4/c12-6-2-1-3-7-14-11-5-4-10(8-13)15-9-11/h4-5,9,14H,1-3,7H2. The van der Waals surface area contributed by atoms with E-state index in [1.807, 2.05) is 12.1 Å². The largest absolute Gasteiger partial charge is 0.384 e. The van der Waals surface area contributed by atoms with Gasteiger partial charge in [0.2, 0.25) is 0 Å². The van der Waals surface area contributed by atoms with Crippen LogP contribution in [-0.4, -0.2) is 11.5 Å². The second-order valence-electron chi connectivity index (χ2n) is 3.09. The molecule has 0 fully saturated rings. The van der Waals surface area contributed by atoms with E-state index < -0.39 is 0 Å². The van der Waals surface area contributed by atoms with Gasteiger partial charge in [-0.05, 0) is 25.0 Å². The molecule has 4 nitrogen and oxygen atoms in total. The van der Waals surface area contributed by atoms with E-state index in [1.165, 1.54) is 0 Å². The molecule has 1 N–H and O–H groups in total. The van der Waals surface area contributed by atoms with Crippen molar-refractivity contribution in [2.45, 2.75) is 19.3 Å². The van der Waals surface area contributed by atoms with Gasteiger partial charge < -0.3 is 5.32 Å². The summed E-state index contributed by atoms with van der Waals surface area (Å²) in [6, 6.07) is 7.58. The van der Waals surface area contributed by atoms with Gasteiger partial charge in [-0.2, -0.15) is 10.5 Å². The lowest BCUT2D eigenvalue weighted by atomic mass is 10.2. The highest BCUT2D eigenvalue weighted by atomic mass is 14.9. The van der Waals surface area contributed by atoms with Crippen LogP contribution in [0.15, 0.2) is 18.3 Å². The highest BCUT2D eigenvalue weighted by Gasteiger charge is 1.93. The molecule has 1 heterocycles. The van der Waals surface area contributed by atoms with Gasteiger partial charge in [-0.15, -0.1) is 0 Å². The lowest BCUT2D eigenvalue weighted by Crippen LogP contribution is -2.01. The number of unbranched alkanes of at least 4 members (excludes halogenated alkanes) is 2. The molecule has 0 atom stereocenters. The maximum atomic E-state index is 8.54. The molecule has 0 unspecified atom stereocenters. The Kier molecular flexibility index (Phi) is 4.69. The molecule has 1 rings (SSSR count). The summed E-state index contributed by atoms with van der Waals surface area (Å²) in [6.07, 6.45) is 4.12. The third kappa shape index (κ3) is 4.10. The molecule has 4 heteroatoms. The van der Waals surface area contributed by atoms with Crippen molar-refractivity contribution in [1.82, 2.24) is 4.98 Å². The summed E-state index contributed by atoms with van der Waals surface area (Å²) < 4.78 is 0. The first-order valence-electron chi connectivity index (χ1n) is 4.84. The number of nitriles is 2. The molecule has 15 heavy (non-hydrogen) atoms. The molecule has 0 saturated carbocycles. The van der Waals surface area contributed by atoms with Crippen molar-refractivity contribution in [3.05, 3.63) is 24.0 Å². The summed E-state index contributed by atoms with van der Waals surface area (Å²) in [7, 11) is 0. The molecule has 76 valence electrons. The van der Waals surface area contributed by atoms with Crippen LogP contribution in [-0.2, 0) is 0 Å². The van der Waals surface area contributed by atoms with Crippen LogP contribution in [0, 0.1) is 22.7 Å². The average Bonchev–Trinajstić information content (AvgIpc) is 2.30. The first kappa shape index (κ1) is 11.0. The third-order valence-corrected chi connectivity index (χ3v) is 1.92. The summed E-state index contributed by atoms with van der Waals surface area (Å²) in [6.45, 7) is 0.829. The van der Waals surface area contributed by atoms with E-state index in [4.69, 9.17) is 10.5 Å². The van der Waals surface area contributed by atoms with Crippen LogP contribution in [0.5, 0.6) is 0 Å². The number of nitrogens with one attached hydrogen (secondary N) is 1. The smallest absolute Gasteiger partial charge is 0.140 e. The maximum absolute atomic E-state index is 8.54. The van der Waals surface area contributed by atoms with Crippen LogP contribution in [0.4, 0.5) is 5.69 Å². The zero-order chi connectivity index (χ0) is 10.9. The third-order valence-electron chi connectivity index (χ3n) is 1.92. The minimum atomic E-state index is 0.421. The van der Waals surface area contributed by atoms with Gasteiger partial charge in [-0.3, -0.25) is 0 Å². The second kappa shape index (κ2) is 6.39. The summed E-state index contributed by atoms with van der Waals surface area (Å²) in [5.74, 6) is 0. The molecule has 0 aliphatic heterocycles. The summed E-state index contributed by atoms with van der Waals surface area (Å²) in [5.41, 5.74) is 1.33. The van der Waals surface area contributed by atoms with Gasteiger partial charge in [0.25, 0.3) is 0 Å². The Morgan fingerprint density at radius 2 is 2.13 bits per heavy atom. The van der Waals surface area contributed by atoms with Gasteiger partial charge >= 0.3 is 0 Å². The molecular formula is C11H12N4. The molecule has 0 bridgehead atoms. The highest BCUT2D eigenvalue weighted by Crippen LogP contribution is 2.05. The first-order chi connectivity index (χ1) is 7.36. The normalized spacial score (nSPS) is 8.93. The van der Waals surface area contributed by atoms with Gasteiger partial charge in [-0.25, -0.2) is 4.98 Å². The number of aromatic nitrogens is 1.